The summed E-state index contributed by atoms with van der Waals surface area (Å²) in [5.41, 5.74) is 7.42. The van der Waals surface area contributed by atoms with Crippen LogP contribution in [-0.2, 0) is 6.42 Å². The third kappa shape index (κ3) is 3.51. The van der Waals surface area contributed by atoms with Crippen molar-refractivity contribution in [2.75, 3.05) is 0 Å². The normalized spacial score (nSPS) is 13.5. The number of hydrogen-bond acceptors (Lipinski definition) is 1. The van der Waals surface area contributed by atoms with E-state index in [1.165, 1.54) is 18.4 Å². The van der Waals surface area contributed by atoms with Gasteiger partial charge in [0.1, 0.15) is 5.82 Å². The lowest BCUT2D eigenvalue weighted by molar-refractivity contribution is 0.627. The van der Waals surface area contributed by atoms with Crippen molar-refractivity contribution in [3.63, 3.8) is 0 Å². The van der Waals surface area contributed by atoms with Gasteiger partial charge in [-0.25, -0.2) is 9.24 Å². The van der Waals surface area contributed by atoms with E-state index in [-0.39, 0.29) is 5.82 Å². The Bertz CT molecular complexity index is 1300. The third-order valence-electron chi connectivity index (χ3n) is 6.19. The number of benzene rings is 3. The molecule has 0 spiro atoms. The molecule has 1 N–H and O–H groups in total. The summed E-state index contributed by atoms with van der Waals surface area (Å²) in [6, 6.07) is 15.9. The molecule has 4 heteroatoms. The van der Waals surface area contributed by atoms with Gasteiger partial charge in [-0.3, -0.25) is 5.10 Å². The summed E-state index contributed by atoms with van der Waals surface area (Å²) in [7, 11) is 0. The van der Waals surface area contributed by atoms with Crippen molar-refractivity contribution in [1.82, 2.24) is 10.2 Å². The van der Waals surface area contributed by atoms with E-state index in [0.717, 1.165) is 46.1 Å². The molecule has 3 nitrogen and oxygen atoms in total. The standard InChI is InChI=1S/C27H24FN3/c1-4-5-17-12-16(2)26(23(28)13-17)21-14-22-25(15-24(21)29-3)30-31-27(22)20-10-8-19(9-11-20)18-6-7-18/h8-15,18H,4-7H2,1-2H3,(H,30,31). The largest absolute Gasteiger partial charge is 0.278 e. The number of nitrogens with one attached hydrogen (secondary N) is 1. The molecule has 1 aromatic heterocycles. The molecule has 1 heterocycles. The molecule has 0 atom stereocenters. The lowest BCUT2D eigenvalue weighted by Crippen LogP contribution is -1.94. The van der Waals surface area contributed by atoms with Crippen LogP contribution in [0.2, 0.25) is 0 Å². The van der Waals surface area contributed by atoms with E-state index in [4.69, 9.17) is 6.57 Å². The van der Waals surface area contributed by atoms with Crippen molar-refractivity contribution in [2.24, 2.45) is 0 Å². The summed E-state index contributed by atoms with van der Waals surface area (Å²) in [5.74, 6) is 0.436. The molecule has 1 saturated carbocycles. The molecule has 154 valence electrons. The van der Waals surface area contributed by atoms with Crippen LogP contribution >= 0.6 is 0 Å². The summed E-state index contributed by atoms with van der Waals surface area (Å²) in [4.78, 5) is 3.69. The van der Waals surface area contributed by atoms with Crippen LogP contribution in [0.25, 0.3) is 38.1 Å². The minimum Gasteiger partial charge on any atom is -0.278 e. The molecule has 0 bridgehead atoms. The SMILES string of the molecule is [C-]#[N+]c1cc2[nH]nc(-c3ccc(C4CC4)cc3)c2cc1-c1c(C)cc(CCC)cc1F. The zero-order valence-corrected chi connectivity index (χ0v) is 17.8. The van der Waals surface area contributed by atoms with E-state index in [1.807, 2.05) is 19.1 Å². The molecule has 5 rings (SSSR count). The number of nitrogens with zero attached hydrogens (tertiary/aromatic N) is 2. The van der Waals surface area contributed by atoms with Gasteiger partial charge in [0.25, 0.3) is 0 Å². The molecular weight excluding hydrogens is 385 g/mol. The molecule has 0 unspecified atom stereocenters. The van der Waals surface area contributed by atoms with Gasteiger partial charge in [0, 0.05) is 16.5 Å². The fraction of sp³-hybridized carbons (Fsp3) is 0.259. The number of halogens is 1. The predicted molar refractivity (Wildman–Crippen MR) is 124 cm³/mol. The van der Waals surface area contributed by atoms with Crippen molar-refractivity contribution < 1.29 is 4.39 Å². The number of aromatic nitrogens is 2. The highest BCUT2D eigenvalue weighted by molar-refractivity contribution is 6.00. The van der Waals surface area contributed by atoms with E-state index in [9.17, 15) is 0 Å². The van der Waals surface area contributed by atoms with E-state index in [0.29, 0.717) is 22.7 Å². The van der Waals surface area contributed by atoms with Gasteiger partial charge in [0.15, 0.2) is 5.69 Å². The van der Waals surface area contributed by atoms with Crippen LogP contribution in [0.15, 0.2) is 48.5 Å². The monoisotopic (exact) mass is 409 g/mol. The summed E-state index contributed by atoms with van der Waals surface area (Å²) in [6.07, 6.45) is 4.36. The van der Waals surface area contributed by atoms with Gasteiger partial charge in [0.2, 0.25) is 0 Å². The topological polar surface area (TPSA) is 33.0 Å². The van der Waals surface area contributed by atoms with Gasteiger partial charge < -0.3 is 0 Å². The summed E-state index contributed by atoms with van der Waals surface area (Å²) >= 11 is 0. The summed E-state index contributed by atoms with van der Waals surface area (Å²) < 4.78 is 15.2. The van der Waals surface area contributed by atoms with E-state index in [2.05, 4.69) is 46.2 Å². The van der Waals surface area contributed by atoms with Crippen LogP contribution in [-0.4, -0.2) is 10.2 Å². The van der Waals surface area contributed by atoms with Crippen LogP contribution in [0.1, 0.15) is 48.8 Å². The molecule has 1 fully saturated rings. The third-order valence-corrected chi connectivity index (χ3v) is 6.19. The number of rotatable bonds is 5. The second-order valence-electron chi connectivity index (χ2n) is 8.51. The van der Waals surface area contributed by atoms with E-state index in [1.54, 1.807) is 12.1 Å². The van der Waals surface area contributed by atoms with Gasteiger partial charge >= 0.3 is 0 Å². The Balaban J connectivity index is 1.65. The Kier molecular flexibility index (Phi) is 4.82. The molecule has 0 aliphatic heterocycles. The molecule has 31 heavy (non-hydrogen) atoms. The number of hydrogen-bond donors (Lipinski definition) is 1. The van der Waals surface area contributed by atoms with Gasteiger partial charge in [-0.2, -0.15) is 5.10 Å². The lowest BCUT2D eigenvalue weighted by Gasteiger charge is -2.13. The zero-order valence-electron chi connectivity index (χ0n) is 17.8. The van der Waals surface area contributed by atoms with Crippen LogP contribution in [0.5, 0.6) is 0 Å². The Hall–Kier alpha value is -3.45. The molecule has 1 aliphatic rings. The first-order valence-electron chi connectivity index (χ1n) is 10.9. The highest BCUT2D eigenvalue weighted by Gasteiger charge is 2.23. The van der Waals surface area contributed by atoms with Crippen molar-refractivity contribution >= 4 is 16.6 Å². The summed E-state index contributed by atoms with van der Waals surface area (Å²) in [6.45, 7) is 11.7. The van der Waals surface area contributed by atoms with Crippen LogP contribution < -0.4 is 0 Å². The first kappa shape index (κ1) is 19.5. The highest BCUT2D eigenvalue weighted by Crippen LogP contribution is 2.42. The van der Waals surface area contributed by atoms with Crippen LogP contribution in [0, 0.1) is 19.3 Å². The zero-order chi connectivity index (χ0) is 21.5. The second-order valence-corrected chi connectivity index (χ2v) is 8.51. The number of aryl methyl sites for hydroxylation is 2. The fourth-order valence-corrected chi connectivity index (χ4v) is 4.48. The molecule has 3 aromatic carbocycles. The Morgan fingerprint density at radius 2 is 1.90 bits per heavy atom. The smallest absolute Gasteiger partial charge is 0.197 e. The molecule has 4 aromatic rings. The minimum absolute atomic E-state index is 0.272. The average molecular weight is 410 g/mol. The summed E-state index contributed by atoms with van der Waals surface area (Å²) in [5, 5.41) is 8.49. The van der Waals surface area contributed by atoms with Crippen LogP contribution in [0.4, 0.5) is 10.1 Å². The Labute approximate surface area is 181 Å². The Morgan fingerprint density at radius 1 is 1.13 bits per heavy atom. The van der Waals surface area contributed by atoms with Gasteiger partial charge in [-0.05, 0) is 66.5 Å². The molecule has 0 radical (unpaired) electrons. The number of aromatic amines is 1. The average Bonchev–Trinajstić information content (AvgIpc) is 3.53. The van der Waals surface area contributed by atoms with Gasteiger partial charge in [-0.1, -0.05) is 49.7 Å². The van der Waals surface area contributed by atoms with Crippen molar-refractivity contribution in [2.45, 2.75) is 45.4 Å². The lowest BCUT2D eigenvalue weighted by atomic mass is 9.93. The van der Waals surface area contributed by atoms with E-state index < -0.39 is 0 Å². The molecule has 1 aliphatic carbocycles. The van der Waals surface area contributed by atoms with Crippen molar-refractivity contribution in [3.05, 3.63) is 82.5 Å². The first-order chi connectivity index (χ1) is 15.1. The maximum atomic E-state index is 15.2. The molecule has 0 saturated heterocycles. The van der Waals surface area contributed by atoms with Crippen LogP contribution in [0.3, 0.4) is 0 Å². The molecular formula is C27H24FN3. The fourth-order valence-electron chi connectivity index (χ4n) is 4.48. The maximum Gasteiger partial charge on any atom is 0.197 e. The predicted octanol–water partition coefficient (Wildman–Crippen LogP) is 7.73. The second kappa shape index (κ2) is 7.67. The minimum atomic E-state index is -0.272. The maximum absolute atomic E-state index is 15.2. The van der Waals surface area contributed by atoms with Gasteiger partial charge in [-0.15, -0.1) is 0 Å². The first-order valence-corrected chi connectivity index (χ1v) is 10.9. The number of H-pyrrole nitrogens is 1. The Morgan fingerprint density at radius 3 is 2.55 bits per heavy atom. The van der Waals surface area contributed by atoms with E-state index >= 15 is 4.39 Å². The molecule has 0 amide bonds. The van der Waals surface area contributed by atoms with Crippen molar-refractivity contribution in [1.29, 1.82) is 0 Å². The van der Waals surface area contributed by atoms with Crippen molar-refractivity contribution in [3.8, 4) is 22.4 Å². The highest BCUT2D eigenvalue weighted by atomic mass is 19.1. The van der Waals surface area contributed by atoms with Gasteiger partial charge in [0.05, 0.1) is 17.8 Å². The quantitative estimate of drug-likeness (QED) is 0.336. The number of fused-ring (bicyclic) bond motifs is 1.